The molecule has 0 aromatic carbocycles. The molecule has 0 radical (unpaired) electrons. The number of hydrogen-bond donors (Lipinski definition) is 3. The molecule has 4 aliphatic carbocycles. The average Bonchev–Trinajstić information content (AvgIpc) is 2.51. The summed E-state index contributed by atoms with van der Waals surface area (Å²) in [5.74, 6) is -42.5. The molecule has 0 aromatic heterocycles. The zero-order chi connectivity index (χ0) is 23.1. The molecular formula is C13H9F13O3. The summed E-state index contributed by atoms with van der Waals surface area (Å²) in [7, 11) is 0. The second-order valence-corrected chi connectivity index (χ2v) is 7.30. The zero-order valence-corrected chi connectivity index (χ0v) is 13.4. The minimum atomic E-state index is -7.23. The summed E-state index contributed by atoms with van der Waals surface area (Å²) in [6.07, 6.45) is 0. The van der Waals surface area contributed by atoms with Crippen molar-refractivity contribution in [1.82, 2.24) is 0 Å². The maximum Gasteiger partial charge on any atom is 0.313 e. The Morgan fingerprint density at radius 1 is 0.345 bits per heavy atom. The summed E-state index contributed by atoms with van der Waals surface area (Å²) < 4.78 is 191. The lowest BCUT2D eigenvalue weighted by molar-refractivity contribution is -0.627. The second-order valence-electron chi connectivity index (χ2n) is 7.30. The fraction of sp³-hybridized carbons (Fsp3) is 1.00. The summed E-state index contributed by atoms with van der Waals surface area (Å²) in [4.78, 5) is 0. The Hall–Kier alpha value is -1.03. The van der Waals surface area contributed by atoms with Crippen LogP contribution in [0.1, 0.15) is 0 Å². The molecule has 4 fully saturated rings. The van der Waals surface area contributed by atoms with Gasteiger partial charge in [-0.05, 0) is 0 Å². The standard InChI is InChI=1S/C13H9F13O3/c14-7-11(21,22)4(1-27)8(15,16)5(2-28,12(7,23)24)10(19,20)6(3-29,9(4,17)18)13(7,25)26/h27-29H,1-3H2. The van der Waals surface area contributed by atoms with Crippen molar-refractivity contribution in [2.75, 3.05) is 19.8 Å². The van der Waals surface area contributed by atoms with E-state index in [1.807, 2.05) is 0 Å². The lowest BCUT2D eigenvalue weighted by Crippen LogP contribution is -3.06. The Balaban J connectivity index is 2.78. The van der Waals surface area contributed by atoms with Crippen LogP contribution in [0.4, 0.5) is 57.1 Å². The van der Waals surface area contributed by atoms with Gasteiger partial charge in [0.05, 0.1) is 19.8 Å². The van der Waals surface area contributed by atoms with Gasteiger partial charge in [-0.3, -0.25) is 0 Å². The molecule has 0 amide bonds. The molecular weight excluding hydrogens is 451 g/mol. The largest absolute Gasteiger partial charge is 0.395 e. The van der Waals surface area contributed by atoms with Crippen LogP contribution in [0.25, 0.3) is 0 Å². The summed E-state index contributed by atoms with van der Waals surface area (Å²) in [6, 6.07) is 0. The molecule has 4 bridgehead atoms. The molecule has 0 aromatic rings. The Labute approximate surface area is 151 Å². The first-order chi connectivity index (χ1) is 12.7. The lowest BCUT2D eigenvalue weighted by Gasteiger charge is -2.78. The smallest absolute Gasteiger partial charge is 0.313 e. The van der Waals surface area contributed by atoms with Gasteiger partial charge in [0, 0.05) is 0 Å². The molecule has 29 heavy (non-hydrogen) atoms. The highest BCUT2D eigenvalue weighted by atomic mass is 19.3. The third kappa shape index (κ3) is 1.25. The highest BCUT2D eigenvalue weighted by molar-refractivity contribution is 5.50. The number of aliphatic hydroxyl groups excluding tert-OH is 3. The lowest BCUT2D eigenvalue weighted by atomic mass is 9.30. The Morgan fingerprint density at radius 2 is 0.517 bits per heavy atom. The van der Waals surface area contributed by atoms with Crippen LogP contribution >= 0.6 is 0 Å². The van der Waals surface area contributed by atoms with Crippen molar-refractivity contribution in [2.24, 2.45) is 16.2 Å². The third-order valence-electron chi connectivity index (χ3n) is 6.83. The predicted octanol–water partition coefficient (Wildman–Crippen LogP) is 2.48. The highest BCUT2D eigenvalue weighted by Crippen LogP contribution is 2.93. The molecule has 0 atom stereocenters. The van der Waals surface area contributed by atoms with Crippen molar-refractivity contribution in [2.45, 2.75) is 41.2 Å². The minimum Gasteiger partial charge on any atom is -0.395 e. The minimum absolute atomic E-state index is 3.43. The molecule has 3 nitrogen and oxygen atoms in total. The molecule has 0 heterocycles. The summed E-state index contributed by atoms with van der Waals surface area (Å²) in [5.41, 5.74) is -26.1. The SMILES string of the molecule is OCC12C(F)(F)C3(F)C(F)(F)C(CO)(C1(F)F)C(F)(F)C(CO)(C3(F)F)C2(F)F. The Bertz CT molecular complexity index is 645. The fourth-order valence-electron chi connectivity index (χ4n) is 5.23. The van der Waals surface area contributed by atoms with Crippen molar-refractivity contribution in [1.29, 1.82) is 0 Å². The van der Waals surface area contributed by atoms with Gasteiger partial charge in [-0.1, -0.05) is 0 Å². The summed E-state index contributed by atoms with van der Waals surface area (Å²) >= 11 is 0. The van der Waals surface area contributed by atoms with E-state index in [2.05, 4.69) is 0 Å². The maximum atomic E-state index is 15.0. The van der Waals surface area contributed by atoms with Crippen molar-refractivity contribution in [3.8, 4) is 0 Å². The Morgan fingerprint density at radius 3 is 0.655 bits per heavy atom. The predicted molar refractivity (Wildman–Crippen MR) is 62.1 cm³/mol. The van der Waals surface area contributed by atoms with E-state index in [4.69, 9.17) is 15.3 Å². The van der Waals surface area contributed by atoms with Crippen LogP contribution in [0.3, 0.4) is 0 Å². The van der Waals surface area contributed by atoms with E-state index in [9.17, 15) is 57.1 Å². The van der Waals surface area contributed by atoms with Gasteiger partial charge < -0.3 is 15.3 Å². The normalized spacial score (nSPS) is 49.2. The molecule has 0 unspecified atom stereocenters. The topological polar surface area (TPSA) is 60.7 Å². The molecule has 4 aliphatic rings. The quantitative estimate of drug-likeness (QED) is 0.568. The van der Waals surface area contributed by atoms with Crippen molar-refractivity contribution in [3.05, 3.63) is 0 Å². The van der Waals surface area contributed by atoms with Gasteiger partial charge in [0.25, 0.3) is 17.8 Å². The van der Waals surface area contributed by atoms with Gasteiger partial charge in [-0.2, -0.15) is 0 Å². The van der Waals surface area contributed by atoms with E-state index in [1.165, 1.54) is 0 Å². The molecule has 0 aliphatic heterocycles. The molecule has 0 spiro atoms. The molecule has 0 saturated heterocycles. The van der Waals surface area contributed by atoms with Gasteiger partial charge in [0.2, 0.25) is 0 Å². The van der Waals surface area contributed by atoms with Crippen LogP contribution in [0, 0.1) is 16.2 Å². The van der Waals surface area contributed by atoms with Gasteiger partial charge in [0.15, 0.2) is 16.2 Å². The van der Waals surface area contributed by atoms with E-state index < -0.39 is 77.3 Å². The first-order valence-electron chi connectivity index (χ1n) is 7.47. The van der Waals surface area contributed by atoms with Gasteiger partial charge in [-0.25, -0.2) is 57.1 Å². The number of halogens is 13. The third-order valence-corrected chi connectivity index (χ3v) is 6.83. The van der Waals surface area contributed by atoms with Crippen LogP contribution in [0.5, 0.6) is 0 Å². The highest BCUT2D eigenvalue weighted by Gasteiger charge is 3.19. The molecule has 3 N–H and O–H groups in total. The van der Waals surface area contributed by atoms with Crippen LogP contribution in [0.2, 0.25) is 0 Å². The monoisotopic (exact) mass is 460 g/mol. The molecule has 4 saturated carbocycles. The molecule has 170 valence electrons. The van der Waals surface area contributed by atoms with Crippen LogP contribution in [0.15, 0.2) is 0 Å². The summed E-state index contributed by atoms with van der Waals surface area (Å²) in [6.45, 7) is -10.3. The fourth-order valence-corrected chi connectivity index (χ4v) is 5.23. The van der Waals surface area contributed by atoms with E-state index in [1.54, 1.807) is 0 Å². The van der Waals surface area contributed by atoms with E-state index in [0.717, 1.165) is 0 Å². The number of aliphatic hydroxyl groups is 3. The molecule has 4 rings (SSSR count). The zero-order valence-electron chi connectivity index (χ0n) is 13.4. The van der Waals surface area contributed by atoms with Crippen molar-refractivity contribution in [3.63, 3.8) is 0 Å². The summed E-state index contributed by atoms with van der Waals surface area (Å²) in [5, 5.41) is 26.9. The van der Waals surface area contributed by atoms with Gasteiger partial charge in [-0.15, -0.1) is 0 Å². The average molecular weight is 460 g/mol. The first kappa shape index (κ1) is 22.7. The van der Waals surface area contributed by atoms with E-state index in [0.29, 0.717) is 0 Å². The van der Waals surface area contributed by atoms with Crippen LogP contribution in [-0.2, 0) is 0 Å². The maximum absolute atomic E-state index is 15.0. The Kier molecular flexibility index (Phi) is 3.70. The van der Waals surface area contributed by atoms with Crippen LogP contribution < -0.4 is 0 Å². The first-order valence-corrected chi connectivity index (χ1v) is 7.47. The second kappa shape index (κ2) is 4.74. The van der Waals surface area contributed by atoms with E-state index in [-0.39, 0.29) is 0 Å². The molecule has 16 heteroatoms. The number of alkyl halides is 13. The van der Waals surface area contributed by atoms with Crippen LogP contribution in [-0.4, -0.2) is 76.3 Å². The van der Waals surface area contributed by atoms with Crippen molar-refractivity contribution < 1.29 is 72.4 Å². The van der Waals surface area contributed by atoms with E-state index >= 15 is 0 Å². The van der Waals surface area contributed by atoms with Gasteiger partial charge in [0.1, 0.15) is 0 Å². The number of hydrogen-bond acceptors (Lipinski definition) is 3. The van der Waals surface area contributed by atoms with Crippen molar-refractivity contribution >= 4 is 0 Å². The van der Waals surface area contributed by atoms with Gasteiger partial charge >= 0.3 is 23.4 Å². The number of rotatable bonds is 3.